The van der Waals surface area contributed by atoms with Gasteiger partial charge in [0.25, 0.3) is 5.92 Å². The van der Waals surface area contributed by atoms with E-state index in [1.54, 1.807) is 0 Å². The molecule has 1 aliphatic carbocycles. The molecule has 0 saturated heterocycles. The van der Waals surface area contributed by atoms with Crippen molar-refractivity contribution in [3.8, 4) is 0 Å². The summed E-state index contributed by atoms with van der Waals surface area (Å²) in [6, 6.07) is 0. The van der Waals surface area contributed by atoms with E-state index in [1.807, 2.05) is 6.92 Å². The zero-order valence-electron chi connectivity index (χ0n) is 17.1. The quantitative estimate of drug-likeness (QED) is 0.450. The molecule has 1 saturated carbocycles. The number of aliphatic hydroxyl groups is 2. The van der Waals surface area contributed by atoms with Gasteiger partial charge < -0.3 is 14.6 Å². The first-order valence-corrected chi connectivity index (χ1v) is 12.4. The van der Waals surface area contributed by atoms with Crippen molar-refractivity contribution in [2.24, 2.45) is 5.92 Å². The van der Waals surface area contributed by atoms with Crippen LogP contribution in [0.15, 0.2) is 24.3 Å². The Morgan fingerprint density at radius 2 is 1.92 bits per heavy atom. The Bertz CT molecular complexity index is 512. The minimum atomic E-state index is -3.16. The van der Waals surface area contributed by atoms with Crippen LogP contribution in [0.1, 0.15) is 53.4 Å². The molecule has 0 amide bonds. The molecule has 0 bridgehead atoms. The molecule has 2 N–H and O–H groups in total. The molecule has 26 heavy (non-hydrogen) atoms. The fourth-order valence-electron chi connectivity index (χ4n) is 2.81. The maximum Gasteiger partial charge on any atom is 0.276 e. The highest BCUT2D eigenvalue weighted by molar-refractivity contribution is 6.74. The van der Waals surface area contributed by atoms with E-state index < -0.39 is 32.4 Å². The summed E-state index contributed by atoms with van der Waals surface area (Å²) in [5.74, 6) is -3.63. The fourth-order valence-corrected chi connectivity index (χ4v) is 4.13. The monoisotopic (exact) mass is 390 g/mol. The molecule has 3 nitrogen and oxygen atoms in total. The highest BCUT2D eigenvalue weighted by Crippen LogP contribution is 2.42. The van der Waals surface area contributed by atoms with Gasteiger partial charge in [-0.25, -0.2) is 8.78 Å². The fraction of sp³-hybridized carbons (Fsp3) is 0.800. The second kappa shape index (κ2) is 8.63. The summed E-state index contributed by atoms with van der Waals surface area (Å²) in [4.78, 5) is 0. The summed E-state index contributed by atoms with van der Waals surface area (Å²) in [6.07, 6.45) is 0.770. The van der Waals surface area contributed by atoms with Crippen LogP contribution in [0.4, 0.5) is 8.78 Å². The van der Waals surface area contributed by atoms with E-state index in [2.05, 4.69) is 40.4 Å². The average molecular weight is 391 g/mol. The number of hydrogen-bond acceptors (Lipinski definition) is 3. The molecule has 1 fully saturated rings. The summed E-state index contributed by atoms with van der Waals surface area (Å²) in [5, 5.41) is 20.2. The summed E-state index contributed by atoms with van der Waals surface area (Å²) in [5.41, 5.74) is 0.697. The minimum Gasteiger partial charge on any atom is -0.410 e. The Hall–Kier alpha value is -0.563. The van der Waals surface area contributed by atoms with Crippen LogP contribution < -0.4 is 0 Å². The summed E-state index contributed by atoms with van der Waals surface area (Å²) < 4.78 is 34.1. The van der Waals surface area contributed by atoms with E-state index in [-0.39, 0.29) is 17.6 Å². The number of hydrogen-bond donors (Lipinski definition) is 2. The van der Waals surface area contributed by atoms with Crippen LogP contribution >= 0.6 is 0 Å². The standard InChI is InChI=1S/C20H36F2O3Si/c1-8-9-12-20(21,22)18(24)11-10-15-14(2)17(13-16(15)23)25-26(6,7)19(3,4)5/h10-11,15-18,23-24H,2,8-9,12-13H2,1,3-7H3/t15-,16-,17-,18+/m1/s1. The van der Waals surface area contributed by atoms with E-state index in [4.69, 9.17) is 4.43 Å². The van der Waals surface area contributed by atoms with Crippen molar-refractivity contribution in [3.63, 3.8) is 0 Å². The third kappa shape index (κ3) is 5.71. The first kappa shape index (κ1) is 23.5. The van der Waals surface area contributed by atoms with Crippen LogP contribution in [0.25, 0.3) is 0 Å². The van der Waals surface area contributed by atoms with Crippen molar-refractivity contribution in [2.45, 2.75) is 95.7 Å². The van der Waals surface area contributed by atoms with Crippen LogP contribution in [0.2, 0.25) is 18.1 Å². The molecule has 0 spiro atoms. The molecule has 0 aromatic rings. The van der Waals surface area contributed by atoms with Crippen LogP contribution in [0.3, 0.4) is 0 Å². The van der Waals surface area contributed by atoms with Gasteiger partial charge in [-0.2, -0.15) is 0 Å². The minimum absolute atomic E-state index is 0.0314. The number of alkyl halides is 2. The molecule has 0 radical (unpaired) electrons. The molecule has 0 heterocycles. The smallest absolute Gasteiger partial charge is 0.276 e. The van der Waals surface area contributed by atoms with E-state index >= 15 is 0 Å². The van der Waals surface area contributed by atoms with Crippen molar-refractivity contribution >= 4 is 8.32 Å². The highest BCUT2D eigenvalue weighted by atomic mass is 28.4. The van der Waals surface area contributed by atoms with Crippen LogP contribution in [0.5, 0.6) is 0 Å². The van der Waals surface area contributed by atoms with Gasteiger partial charge in [-0.05, 0) is 30.1 Å². The average Bonchev–Trinajstić information content (AvgIpc) is 2.75. The van der Waals surface area contributed by atoms with E-state index in [0.29, 0.717) is 24.8 Å². The Labute approximate surface area is 158 Å². The van der Waals surface area contributed by atoms with E-state index in [9.17, 15) is 19.0 Å². The Morgan fingerprint density at radius 1 is 1.35 bits per heavy atom. The molecule has 1 aliphatic rings. The molecule has 0 unspecified atom stereocenters. The van der Waals surface area contributed by atoms with Crippen molar-refractivity contribution in [3.05, 3.63) is 24.3 Å². The number of halogens is 2. The van der Waals surface area contributed by atoms with Gasteiger partial charge >= 0.3 is 0 Å². The lowest BCUT2D eigenvalue weighted by Crippen LogP contribution is -2.43. The molecule has 4 atom stereocenters. The van der Waals surface area contributed by atoms with Crippen LogP contribution in [-0.2, 0) is 4.43 Å². The molecular formula is C20H36F2O3Si. The lowest BCUT2D eigenvalue weighted by Gasteiger charge is -2.38. The molecular weight excluding hydrogens is 354 g/mol. The SMILES string of the molecule is C=C1[C@@H](C=C[C@H](O)C(F)(F)CCCC)[C@H](O)C[C@H]1O[Si](C)(C)C(C)(C)C. The van der Waals surface area contributed by atoms with Gasteiger partial charge in [-0.1, -0.05) is 52.8 Å². The third-order valence-corrected chi connectivity index (χ3v) is 10.2. The zero-order valence-corrected chi connectivity index (χ0v) is 18.1. The Morgan fingerprint density at radius 3 is 2.42 bits per heavy atom. The van der Waals surface area contributed by atoms with Crippen molar-refractivity contribution in [1.82, 2.24) is 0 Å². The van der Waals surface area contributed by atoms with Gasteiger partial charge in [0.05, 0.1) is 12.2 Å². The molecule has 0 aromatic heterocycles. The number of aliphatic hydroxyl groups excluding tert-OH is 2. The Balaban J connectivity index is 2.79. The van der Waals surface area contributed by atoms with Gasteiger partial charge in [0.2, 0.25) is 0 Å². The van der Waals surface area contributed by atoms with Crippen LogP contribution in [-0.4, -0.2) is 42.8 Å². The highest BCUT2D eigenvalue weighted by Gasteiger charge is 2.44. The molecule has 1 rings (SSSR count). The summed E-state index contributed by atoms with van der Waals surface area (Å²) in [7, 11) is -2.03. The topological polar surface area (TPSA) is 49.7 Å². The number of rotatable bonds is 8. The van der Waals surface area contributed by atoms with Gasteiger partial charge in [0.1, 0.15) is 6.10 Å². The second-order valence-corrected chi connectivity index (χ2v) is 13.7. The lowest BCUT2D eigenvalue weighted by molar-refractivity contribution is -0.0931. The zero-order chi connectivity index (χ0) is 20.3. The first-order valence-electron chi connectivity index (χ1n) is 9.51. The lowest BCUT2D eigenvalue weighted by atomic mass is 9.98. The van der Waals surface area contributed by atoms with Gasteiger partial charge in [0.15, 0.2) is 8.32 Å². The predicted molar refractivity (Wildman–Crippen MR) is 105 cm³/mol. The maximum atomic E-state index is 13.9. The summed E-state index contributed by atoms with van der Waals surface area (Å²) >= 11 is 0. The van der Waals surface area contributed by atoms with Gasteiger partial charge in [-0.3, -0.25) is 0 Å². The first-order chi connectivity index (χ1) is 11.7. The normalized spacial score (nSPS) is 26.7. The van der Waals surface area contributed by atoms with Crippen molar-refractivity contribution < 1.29 is 23.4 Å². The van der Waals surface area contributed by atoms with Crippen molar-refractivity contribution in [2.75, 3.05) is 0 Å². The number of unbranched alkanes of at least 4 members (excludes halogenated alkanes) is 1. The molecule has 0 aromatic carbocycles. The molecule has 0 aliphatic heterocycles. The maximum absolute atomic E-state index is 13.9. The third-order valence-electron chi connectivity index (χ3n) is 5.75. The predicted octanol–water partition coefficient (Wildman–Crippen LogP) is 5.06. The molecule has 152 valence electrons. The van der Waals surface area contributed by atoms with E-state index in [1.165, 1.54) is 6.08 Å². The van der Waals surface area contributed by atoms with E-state index in [0.717, 1.165) is 6.08 Å². The largest absolute Gasteiger partial charge is 0.410 e. The second-order valence-electron chi connectivity index (χ2n) is 8.96. The van der Waals surface area contributed by atoms with Crippen LogP contribution in [0, 0.1) is 5.92 Å². The Kier molecular flexibility index (Phi) is 7.79. The van der Waals surface area contributed by atoms with Gasteiger partial charge in [0, 0.05) is 18.8 Å². The summed E-state index contributed by atoms with van der Waals surface area (Å²) in [6.45, 7) is 16.6. The van der Waals surface area contributed by atoms with Gasteiger partial charge in [-0.15, -0.1) is 0 Å². The molecule has 6 heteroatoms. The van der Waals surface area contributed by atoms with Crippen molar-refractivity contribution in [1.29, 1.82) is 0 Å².